The highest BCUT2D eigenvalue weighted by atomic mass is 16.7. The zero-order valence-corrected chi connectivity index (χ0v) is 37.1. The molecule has 18 heteroatoms. The number of methoxy groups -OCH3 is 2. The molecule has 2 aromatic carbocycles. The summed E-state index contributed by atoms with van der Waals surface area (Å²) in [5.41, 5.74) is 2.00. The molecule has 0 aliphatic carbocycles. The molecule has 2 heterocycles. The van der Waals surface area contributed by atoms with Gasteiger partial charge in [0.25, 0.3) is 0 Å². The number of likely N-dealkylation sites (N-methyl/N-ethyl adjacent to an activating group) is 1. The highest BCUT2D eigenvalue weighted by Gasteiger charge is 2.38. The minimum atomic E-state index is -1.03. The number of esters is 1. The number of benzene rings is 2. The third-order valence-corrected chi connectivity index (χ3v) is 10.0. The second-order valence-electron chi connectivity index (χ2n) is 16.4. The lowest BCUT2D eigenvalue weighted by Gasteiger charge is -2.29. The highest BCUT2D eigenvalue weighted by Crippen LogP contribution is 2.26. The van der Waals surface area contributed by atoms with Gasteiger partial charge in [0.1, 0.15) is 42.1 Å². The molecule has 338 valence electrons. The van der Waals surface area contributed by atoms with E-state index in [0.717, 1.165) is 11.1 Å². The van der Waals surface area contributed by atoms with Crippen molar-refractivity contribution in [1.29, 1.82) is 0 Å². The predicted octanol–water partition coefficient (Wildman–Crippen LogP) is 3.91. The van der Waals surface area contributed by atoms with Crippen LogP contribution >= 0.6 is 0 Å². The fraction of sp³-hybridized carbons (Fsp3) is 0.523. The van der Waals surface area contributed by atoms with E-state index >= 15 is 0 Å². The Labute approximate surface area is 362 Å². The van der Waals surface area contributed by atoms with Crippen LogP contribution in [0.1, 0.15) is 71.2 Å². The largest absolute Gasteiger partial charge is 0.467 e. The molecule has 5 amide bonds. The summed E-state index contributed by atoms with van der Waals surface area (Å²) in [5.74, 6) is -1.85. The smallest absolute Gasteiger partial charge is 0.410 e. The molecule has 4 rings (SSSR count). The fourth-order valence-corrected chi connectivity index (χ4v) is 6.63. The summed E-state index contributed by atoms with van der Waals surface area (Å²) in [6, 6.07) is 11.0. The molecule has 1 aromatic heterocycles. The van der Waals surface area contributed by atoms with Crippen LogP contribution in [0.15, 0.2) is 61.1 Å². The summed E-state index contributed by atoms with van der Waals surface area (Å²) >= 11 is 0. The molecule has 1 aliphatic heterocycles. The molecule has 62 heavy (non-hydrogen) atoms. The van der Waals surface area contributed by atoms with Crippen molar-refractivity contribution in [2.45, 2.75) is 104 Å². The number of carbonyl (C=O) groups is 6. The van der Waals surface area contributed by atoms with Crippen molar-refractivity contribution in [3.8, 4) is 11.4 Å². The number of hydrogen-bond acceptors (Lipinski definition) is 12. The molecule has 3 aromatic rings. The SMILES string of the molecule is COCOc1ccc(CCNC(=O)[C@@H](NC(=O)[C@H](C)NC(=O)[C@@H]2CCCN2C(=O)OC(C)(C)C)C(C)C)cc1-n1cnc(C[C@@H](C(=O)OC)N(C)C(=O)OCc2ccccc2)c1. The molecule has 0 bridgehead atoms. The van der Waals surface area contributed by atoms with Crippen LogP contribution in [0.3, 0.4) is 0 Å². The molecular weight excluding hydrogens is 803 g/mol. The average molecular weight is 864 g/mol. The number of likely N-dealkylation sites (tertiary alicyclic amines) is 1. The number of nitrogens with zero attached hydrogens (tertiary/aromatic N) is 4. The number of nitrogens with one attached hydrogen (secondary N) is 3. The normalized spacial score (nSPS) is 15.2. The number of imidazole rings is 1. The molecule has 0 radical (unpaired) electrons. The molecule has 18 nitrogen and oxygen atoms in total. The number of carbonyl (C=O) groups excluding carboxylic acids is 6. The van der Waals surface area contributed by atoms with E-state index in [9.17, 15) is 28.8 Å². The molecule has 0 spiro atoms. The Kier molecular flexibility index (Phi) is 17.7. The van der Waals surface area contributed by atoms with Crippen LogP contribution in [-0.4, -0.2) is 126 Å². The van der Waals surface area contributed by atoms with Crippen LogP contribution in [0.4, 0.5) is 9.59 Å². The van der Waals surface area contributed by atoms with Gasteiger partial charge in [-0.2, -0.15) is 0 Å². The maximum absolute atomic E-state index is 13.4. The molecule has 1 saturated heterocycles. The van der Waals surface area contributed by atoms with Gasteiger partial charge in [0.05, 0.1) is 24.8 Å². The van der Waals surface area contributed by atoms with Gasteiger partial charge >= 0.3 is 18.2 Å². The summed E-state index contributed by atoms with van der Waals surface area (Å²) in [7, 11) is 4.21. The van der Waals surface area contributed by atoms with Crippen LogP contribution in [0.2, 0.25) is 0 Å². The zero-order valence-electron chi connectivity index (χ0n) is 37.1. The Balaban J connectivity index is 1.37. The summed E-state index contributed by atoms with van der Waals surface area (Å²) in [6.45, 7) is 11.0. The van der Waals surface area contributed by atoms with Gasteiger partial charge < -0.3 is 44.2 Å². The Morgan fingerprint density at radius 3 is 2.34 bits per heavy atom. The molecule has 0 saturated carbocycles. The number of ether oxygens (including phenoxy) is 5. The van der Waals surface area contributed by atoms with Crippen molar-refractivity contribution >= 4 is 35.9 Å². The minimum absolute atomic E-state index is 0.0278. The van der Waals surface area contributed by atoms with E-state index in [1.54, 1.807) is 57.8 Å². The third kappa shape index (κ3) is 13.9. The van der Waals surface area contributed by atoms with Gasteiger partial charge in [-0.05, 0) is 76.1 Å². The van der Waals surface area contributed by atoms with Crippen molar-refractivity contribution < 1.29 is 52.5 Å². The van der Waals surface area contributed by atoms with Crippen LogP contribution in [0.25, 0.3) is 5.69 Å². The zero-order chi connectivity index (χ0) is 45.6. The van der Waals surface area contributed by atoms with Crippen LogP contribution in [0.5, 0.6) is 5.75 Å². The van der Waals surface area contributed by atoms with Gasteiger partial charge in [0.2, 0.25) is 17.7 Å². The van der Waals surface area contributed by atoms with Crippen molar-refractivity contribution in [3.63, 3.8) is 0 Å². The van der Waals surface area contributed by atoms with E-state index < -0.39 is 65.6 Å². The van der Waals surface area contributed by atoms with Crippen LogP contribution in [-0.2, 0) is 57.6 Å². The first kappa shape index (κ1) is 48.5. The van der Waals surface area contributed by atoms with Crippen molar-refractivity contribution in [1.82, 2.24) is 35.3 Å². The quantitative estimate of drug-likeness (QED) is 0.0891. The third-order valence-electron chi connectivity index (χ3n) is 10.0. The molecule has 1 fully saturated rings. The van der Waals surface area contributed by atoms with E-state index in [0.29, 0.717) is 42.9 Å². The highest BCUT2D eigenvalue weighted by molar-refractivity contribution is 5.94. The lowest BCUT2D eigenvalue weighted by atomic mass is 10.0. The van der Waals surface area contributed by atoms with Gasteiger partial charge in [-0.15, -0.1) is 0 Å². The van der Waals surface area contributed by atoms with E-state index in [1.165, 1.54) is 38.0 Å². The Hall–Kier alpha value is -6.17. The lowest BCUT2D eigenvalue weighted by Crippen LogP contribution is -2.56. The van der Waals surface area contributed by atoms with Crippen molar-refractivity contribution in [2.75, 3.05) is 41.1 Å². The van der Waals surface area contributed by atoms with Gasteiger partial charge in [0, 0.05) is 39.9 Å². The maximum atomic E-state index is 13.4. The van der Waals surface area contributed by atoms with Gasteiger partial charge in [-0.3, -0.25) is 24.2 Å². The minimum Gasteiger partial charge on any atom is -0.467 e. The first-order valence-electron chi connectivity index (χ1n) is 20.6. The fourth-order valence-electron chi connectivity index (χ4n) is 6.63. The number of rotatable bonds is 19. The van der Waals surface area contributed by atoms with Crippen molar-refractivity contribution in [3.05, 3.63) is 77.9 Å². The summed E-state index contributed by atoms with van der Waals surface area (Å²) in [6.07, 6.45) is 3.49. The second kappa shape index (κ2) is 22.6. The molecular formula is C44H61N7O11. The monoisotopic (exact) mass is 863 g/mol. The maximum Gasteiger partial charge on any atom is 0.410 e. The van der Waals surface area contributed by atoms with Crippen molar-refractivity contribution in [2.24, 2.45) is 5.92 Å². The average Bonchev–Trinajstić information content (AvgIpc) is 3.93. The van der Waals surface area contributed by atoms with Crippen LogP contribution in [0, 0.1) is 5.92 Å². The Morgan fingerprint density at radius 1 is 0.952 bits per heavy atom. The molecule has 4 atom stereocenters. The molecule has 3 N–H and O–H groups in total. The van der Waals surface area contributed by atoms with Crippen LogP contribution < -0.4 is 20.7 Å². The van der Waals surface area contributed by atoms with E-state index in [1.807, 2.05) is 42.5 Å². The number of amides is 5. The van der Waals surface area contributed by atoms with Gasteiger partial charge in [-0.1, -0.05) is 50.2 Å². The Morgan fingerprint density at radius 2 is 1.68 bits per heavy atom. The standard InChI is InChI=1S/C44H61N7O11/c1-28(2)37(48-38(52)29(3)47-39(53)33-16-13-21-51(33)43(57)62-44(4,5)6)40(54)45-20-19-30-17-18-36(61-27-58-8)34(22-30)50-24-32(46-26-50)23-35(41(55)59-9)49(7)42(56)60-25-31-14-11-10-12-15-31/h10-12,14-15,17-18,22,24,26,28-29,33,35,37H,13,16,19-21,23,25,27H2,1-9H3,(H,45,54)(H,47,53)(H,48,52)/t29-,33-,35-,37-/m0/s1. The van der Waals surface area contributed by atoms with Gasteiger partial charge in [0.15, 0.2) is 6.79 Å². The first-order valence-corrected chi connectivity index (χ1v) is 20.6. The van der Waals surface area contributed by atoms with E-state index in [2.05, 4.69) is 20.9 Å². The van der Waals surface area contributed by atoms with E-state index in [-0.39, 0.29) is 32.3 Å². The number of aromatic nitrogens is 2. The molecule has 1 aliphatic rings. The topological polar surface area (TPSA) is 209 Å². The Bertz CT molecular complexity index is 2000. The number of hydrogen-bond donors (Lipinski definition) is 3. The lowest BCUT2D eigenvalue weighted by molar-refractivity contribution is -0.146. The molecule has 0 unspecified atom stereocenters. The second-order valence-corrected chi connectivity index (χ2v) is 16.4. The predicted molar refractivity (Wildman–Crippen MR) is 227 cm³/mol. The summed E-state index contributed by atoms with van der Waals surface area (Å²) < 4.78 is 28.6. The first-order chi connectivity index (χ1) is 29.4. The summed E-state index contributed by atoms with van der Waals surface area (Å²) in [5, 5.41) is 8.37. The summed E-state index contributed by atoms with van der Waals surface area (Å²) in [4.78, 5) is 85.4. The van der Waals surface area contributed by atoms with Gasteiger partial charge in [-0.25, -0.2) is 19.4 Å². The van der Waals surface area contributed by atoms with E-state index in [4.69, 9.17) is 23.7 Å².